The van der Waals surface area contributed by atoms with E-state index in [0.29, 0.717) is 5.75 Å². The quantitative estimate of drug-likeness (QED) is 0.807. The van der Waals surface area contributed by atoms with Crippen LogP contribution in [0.4, 0.5) is 0 Å². The molecule has 0 radical (unpaired) electrons. The van der Waals surface area contributed by atoms with E-state index < -0.39 is 9.84 Å². The van der Waals surface area contributed by atoms with Gasteiger partial charge in [-0.05, 0) is 29.8 Å². The maximum absolute atomic E-state index is 11.8. The molecule has 0 bridgehead atoms. The smallest absolute Gasteiger partial charge is 0.175 e. The van der Waals surface area contributed by atoms with Gasteiger partial charge in [-0.3, -0.25) is 5.10 Å². The van der Waals surface area contributed by atoms with Crippen LogP contribution in [0.5, 0.6) is 5.75 Å². The van der Waals surface area contributed by atoms with Gasteiger partial charge in [-0.15, -0.1) is 0 Å². The maximum Gasteiger partial charge on any atom is 0.175 e. The molecule has 0 amide bonds. The number of hydrogen-bond donors (Lipinski definition) is 1. The Morgan fingerprint density at radius 3 is 2.67 bits per heavy atom. The molecule has 0 fully saturated rings. The number of aromatic nitrogens is 2. The van der Waals surface area contributed by atoms with Crippen LogP contribution in [0.15, 0.2) is 47.5 Å². The number of nitrogens with one attached hydrogen (secondary N) is 1. The van der Waals surface area contributed by atoms with Crippen molar-refractivity contribution < 1.29 is 13.2 Å². The lowest BCUT2D eigenvalue weighted by molar-refractivity contribution is 0.416. The molecule has 0 saturated heterocycles. The van der Waals surface area contributed by atoms with Gasteiger partial charge in [-0.1, -0.05) is 12.1 Å². The molecule has 0 aliphatic carbocycles. The van der Waals surface area contributed by atoms with Crippen LogP contribution in [0.3, 0.4) is 0 Å². The molecule has 1 N–H and O–H groups in total. The normalized spacial score (nSPS) is 11.7. The zero-order valence-corrected chi connectivity index (χ0v) is 12.4. The number of benzene rings is 2. The monoisotopic (exact) mass is 302 g/mol. The topological polar surface area (TPSA) is 72.1 Å². The number of fused-ring (bicyclic) bond motifs is 1. The molecule has 21 heavy (non-hydrogen) atoms. The summed E-state index contributed by atoms with van der Waals surface area (Å²) in [7, 11) is -1.71. The summed E-state index contributed by atoms with van der Waals surface area (Å²) in [5.41, 5.74) is 2.50. The minimum Gasteiger partial charge on any atom is -0.496 e. The third kappa shape index (κ3) is 2.38. The average molecular weight is 302 g/mol. The van der Waals surface area contributed by atoms with E-state index in [4.69, 9.17) is 4.74 Å². The Balaban J connectivity index is 2.32. The van der Waals surface area contributed by atoms with Gasteiger partial charge in [0.05, 0.1) is 23.7 Å². The zero-order chi connectivity index (χ0) is 15.0. The molecule has 1 aromatic heterocycles. The fraction of sp³-hybridized carbons (Fsp3) is 0.133. The van der Waals surface area contributed by atoms with Crippen molar-refractivity contribution in [1.29, 1.82) is 0 Å². The third-order valence-electron chi connectivity index (χ3n) is 3.37. The molecule has 108 valence electrons. The van der Waals surface area contributed by atoms with Gasteiger partial charge in [-0.2, -0.15) is 5.10 Å². The Morgan fingerprint density at radius 2 is 1.95 bits per heavy atom. The molecular weight excluding hydrogens is 288 g/mol. The van der Waals surface area contributed by atoms with E-state index in [1.54, 1.807) is 31.5 Å². The predicted octanol–water partition coefficient (Wildman–Crippen LogP) is 2.64. The van der Waals surface area contributed by atoms with Gasteiger partial charge in [0.1, 0.15) is 5.75 Å². The number of hydrogen-bond acceptors (Lipinski definition) is 4. The molecule has 3 aromatic rings. The third-order valence-corrected chi connectivity index (χ3v) is 4.48. The highest BCUT2D eigenvalue weighted by molar-refractivity contribution is 7.90. The summed E-state index contributed by atoms with van der Waals surface area (Å²) >= 11 is 0. The highest BCUT2D eigenvalue weighted by atomic mass is 32.2. The van der Waals surface area contributed by atoms with Crippen molar-refractivity contribution >= 4 is 20.7 Å². The fourth-order valence-electron chi connectivity index (χ4n) is 2.33. The SMILES string of the molecule is COc1ccc(S(C)(=O)=O)cc1-c1cccc2[nH]ncc12. The summed E-state index contributed by atoms with van der Waals surface area (Å²) < 4.78 is 28.9. The van der Waals surface area contributed by atoms with Crippen molar-refractivity contribution in [3.8, 4) is 16.9 Å². The maximum atomic E-state index is 11.8. The Labute approximate surface area is 122 Å². The number of nitrogens with zero attached hydrogens (tertiary/aromatic N) is 1. The minimum atomic E-state index is -3.28. The fourth-order valence-corrected chi connectivity index (χ4v) is 2.98. The number of methoxy groups -OCH3 is 1. The first kappa shape index (κ1) is 13.6. The van der Waals surface area contributed by atoms with Crippen molar-refractivity contribution in [1.82, 2.24) is 10.2 Å². The van der Waals surface area contributed by atoms with E-state index in [9.17, 15) is 8.42 Å². The number of aromatic amines is 1. The zero-order valence-electron chi connectivity index (χ0n) is 11.6. The second-order valence-electron chi connectivity index (χ2n) is 4.77. The van der Waals surface area contributed by atoms with E-state index in [1.807, 2.05) is 18.2 Å². The molecule has 1 heterocycles. The van der Waals surface area contributed by atoms with Gasteiger partial charge < -0.3 is 4.74 Å². The van der Waals surface area contributed by atoms with Crippen LogP contribution in [-0.2, 0) is 9.84 Å². The summed E-state index contributed by atoms with van der Waals surface area (Å²) in [5.74, 6) is 0.621. The van der Waals surface area contributed by atoms with Crippen LogP contribution < -0.4 is 4.74 Å². The lowest BCUT2D eigenvalue weighted by Crippen LogP contribution is -1.98. The van der Waals surface area contributed by atoms with Crippen LogP contribution in [0.2, 0.25) is 0 Å². The molecule has 3 rings (SSSR count). The molecule has 2 aromatic carbocycles. The summed E-state index contributed by atoms with van der Waals surface area (Å²) in [5, 5.41) is 7.85. The largest absolute Gasteiger partial charge is 0.496 e. The van der Waals surface area contributed by atoms with Crippen molar-refractivity contribution in [3.63, 3.8) is 0 Å². The van der Waals surface area contributed by atoms with Crippen molar-refractivity contribution in [3.05, 3.63) is 42.6 Å². The minimum absolute atomic E-state index is 0.263. The van der Waals surface area contributed by atoms with Crippen molar-refractivity contribution in [2.75, 3.05) is 13.4 Å². The van der Waals surface area contributed by atoms with E-state index in [1.165, 1.54) is 6.26 Å². The second-order valence-corrected chi connectivity index (χ2v) is 6.79. The highest BCUT2D eigenvalue weighted by Crippen LogP contribution is 2.36. The first-order chi connectivity index (χ1) is 10.0. The first-order valence-corrected chi connectivity index (χ1v) is 8.20. The molecule has 0 unspecified atom stereocenters. The Morgan fingerprint density at radius 1 is 1.14 bits per heavy atom. The standard InChI is InChI=1S/C15H14N2O3S/c1-20-15-7-6-10(21(2,18)19)8-12(15)11-4-3-5-14-13(11)9-16-17-14/h3-9H,1-2H3,(H,16,17). The molecule has 0 spiro atoms. The molecule has 5 nitrogen and oxygen atoms in total. The molecule has 6 heteroatoms. The van der Waals surface area contributed by atoms with Crippen molar-refractivity contribution in [2.45, 2.75) is 4.90 Å². The predicted molar refractivity (Wildman–Crippen MR) is 81.2 cm³/mol. The van der Waals surface area contributed by atoms with Crippen molar-refractivity contribution in [2.24, 2.45) is 0 Å². The molecular formula is C15H14N2O3S. The summed E-state index contributed by atoms with van der Waals surface area (Å²) in [6, 6.07) is 10.6. The Kier molecular flexibility index (Phi) is 3.17. The summed E-state index contributed by atoms with van der Waals surface area (Å²) in [4.78, 5) is 0.263. The van der Waals surface area contributed by atoms with E-state index in [-0.39, 0.29) is 4.90 Å². The summed E-state index contributed by atoms with van der Waals surface area (Å²) in [6.45, 7) is 0. The van der Waals surface area contributed by atoms with Crippen LogP contribution in [-0.4, -0.2) is 32.0 Å². The van der Waals surface area contributed by atoms with Gasteiger partial charge >= 0.3 is 0 Å². The van der Waals surface area contributed by atoms with Gasteiger partial charge in [0, 0.05) is 17.2 Å². The second kappa shape index (κ2) is 4.89. The Hall–Kier alpha value is -2.34. The van der Waals surface area contributed by atoms with E-state index >= 15 is 0 Å². The first-order valence-electron chi connectivity index (χ1n) is 6.31. The van der Waals surface area contributed by atoms with Gasteiger partial charge in [-0.25, -0.2) is 8.42 Å². The number of ether oxygens (including phenoxy) is 1. The van der Waals surface area contributed by atoms with Gasteiger partial charge in [0.2, 0.25) is 0 Å². The van der Waals surface area contributed by atoms with Crippen LogP contribution in [0, 0.1) is 0 Å². The van der Waals surface area contributed by atoms with Gasteiger partial charge in [0.15, 0.2) is 9.84 Å². The highest BCUT2D eigenvalue weighted by Gasteiger charge is 2.15. The lowest BCUT2D eigenvalue weighted by Gasteiger charge is -2.11. The average Bonchev–Trinajstić information content (AvgIpc) is 2.94. The number of sulfone groups is 1. The Bertz CT molecular complexity index is 914. The van der Waals surface area contributed by atoms with Crippen LogP contribution >= 0.6 is 0 Å². The lowest BCUT2D eigenvalue weighted by atomic mass is 10.0. The number of rotatable bonds is 3. The number of H-pyrrole nitrogens is 1. The molecule has 0 aliphatic rings. The van der Waals surface area contributed by atoms with Crippen LogP contribution in [0.25, 0.3) is 22.0 Å². The molecule has 0 atom stereocenters. The van der Waals surface area contributed by atoms with Crippen LogP contribution in [0.1, 0.15) is 0 Å². The summed E-state index contributed by atoms with van der Waals surface area (Å²) in [6.07, 6.45) is 2.91. The molecule has 0 aliphatic heterocycles. The van der Waals surface area contributed by atoms with E-state index in [2.05, 4.69) is 10.2 Å². The van der Waals surface area contributed by atoms with E-state index in [0.717, 1.165) is 22.0 Å². The van der Waals surface area contributed by atoms with Gasteiger partial charge in [0.25, 0.3) is 0 Å². The molecule has 0 saturated carbocycles.